The van der Waals surface area contributed by atoms with Crippen molar-refractivity contribution in [1.82, 2.24) is 19.7 Å². The van der Waals surface area contributed by atoms with Crippen molar-refractivity contribution in [3.63, 3.8) is 0 Å². The number of methoxy groups -OCH3 is 1. The maximum atomic E-state index is 6.05. The van der Waals surface area contributed by atoms with Gasteiger partial charge in [0.25, 0.3) is 0 Å². The molecule has 5 nitrogen and oxygen atoms in total. The van der Waals surface area contributed by atoms with Crippen LogP contribution in [0.2, 0.25) is 5.15 Å². The maximum absolute atomic E-state index is 6.05. The largest absolute Gasteiger partial charge is 0.374 e. The van der Waals surface area contributed by atoms with Crippen molar-refractivity contribution in [2.24, 2.45) is 0 Å². The molecule has 2 aromatic rings. The minimum absolute atomic E-state index is 0.199. The van der Waals surface area contributed by atoms with Crippen LogP contribution in [0.15, 0.2) is 18.3 Å². The molecule has 0 aromatic carbocycles. The van der Waals surface area contributed by atoms with Gasteiger partial charge < -0.3 is 4.74 Å². The van der Waals surface area contributed by atoms with Crippen LogP contribution in [-0.4, -0.2) is 26.9 Å². The molecule has 0 N–H and O–H groups in total. The lowest BCUT2D eigenvalue weighted by molar-refractivity contribution is 0.112. The summed E-state index contributed by atoms with van der Waals surface area (Å²) in [5.41, 5.74) is 1.52. The number of nitrogens with zero attached hydrogens (tertiary/aromatic N) is 4. The van der Waals surface area contributed by atoms with Gasteiger partial charge >= 0.3 is 0 Å². The lowest BCUT2D eigenvalue weighted by Gasteiger charge is -2.09. The molecule has 108 valence electrons. The Morgan fingerprint density at radius 2 is 2.15 bits per heavy atom. The van der Waals surface area contributed by atoms with Crippen molar-refractivity contribution in [1.29, 1.82) is 0 Å². The Morgan fingerprint density at radius 3 is 2.85 bits per heavy atom. The lowest BCUT2D eigenvalue weighted by Crippen LogP contribution is -2.04. The third-order valence-electron chi connectivity index (χ3n) is 3.07. The van der Waals surface area contributed by atoms with Gasteiger partial charge in [-0.15, -0.1) is 0 Å². The van der Waals surface area contributed by atoms with E-state index in [-0.39, 0.29) is 6.10 Å². The van der Waals surface area contributed by atoms with Gasteiger partial charge in [-0.2, -0.15) is 5.10 Å². The monoisotopic (exact) mass is 294 g/mol. The first-order valence-corrected chi connectivity index (χ1v) is 7.13. The fourth-order valence-electron chi connectivity index (χ4n) is 1.80. The summed E-state index contributed by atoms with van der Waals surface area (Å²) in [5.74, 6) is 0.568. The van der Waals surface area contributed by atoms with E-state index in [1.54, 1.807) is 13.2 Å². The number of ether oxygens (including phenoxy) is 1. The second-order valence-corrected chi connectivity index (χ2v) is 5.02. The van der Waals surface area contributed by atoms with E-state index in [9.17, 15) is 0 Å². The predicted molar refractivity (Wildman–Crippen MR) is 78.6 cm³/mol. The highest BCUT2D eigenvalue weighted by Gasteiger charge is 2.13. The topological polar surface area (TPSA) is 52.8 Å². The molecule has 2 rings (SSSR count). The Balaban J connectivity index is 2.27. The van der Waals surface area contributed by atoms with Gasteiger partial charge in [0, 0.05) is 25.9 Å². The van der Waals surface area contributed by atoms with Gasteiger partial charge in [0.2, 0.25) is 0 Å². The van der Waals surface area contributed by atoms with Crippen LogP contribution >= 0.6 is 11.6 Å². The quantitative estimate of drug-likeness (QED) is 0.765. The van der Waals surface area contributed by atoms with E-state index in [0.717, 1.165) is 30.8 Å². The molecular formula is C14H19ClN4O. The number of aryl methyl sites for hydroxylation is 1. The third kappa shape index (κ3) is 3.55. The van der Waals surface area contributed by atoms with Gasteiger partial charge in [-0.05, 0) is 19.4 Å². The van der Waals surface area contributed by atoms with Crippen molar-refractivity contribution in [3.8, 4) is 11.4 Å². The molecular weight excluding hydrogens is 276 g/mol. The number of hydrogen-bond acceptors (Lipinski definition) is 4. The average Bonchev–Trinajstić information content (AvgIpc) is 2.92. The first-order chi connectivity index (χ1) is 9.63. The van der Waals surface area contributed by atoms with Crippen LogP contribution in [0.1, 0.15) is 38.6 Å². The van der Waals surface area contributed by atoms with Gasteiger partial charge in [-0.1, -0.05) is 24.9 Å². The molecule has 0 amide bonds. The second kappa shape index (κ2) is 6.81. The van der Waals surface area contributed by atoms with Crippen LogP contribution in [0.5, 0.6) is 0 Å². The molecule has 1 atom stereocenters. The summed E-state index contributed by atoms with van der Waals surface area (Å²) < 4.78 is 7.16. The van der Waals surface area contributed by atoms with Crippen LogP contribution in [0.4, 0.5) is 0 Å². The third-order valence-corrected chi connectivity index (χ3v) is 3.27. The smallest absolute Gasteiger partial charge is 0.159 e. The van der Waals surface area contributed by atoms with Crippen molar-refractivity contribution in [2.75, 3.05) is 7.11 Å². The summed E-state index contributed by atoms with van der Waals surface area (Å²) in [5, 5.41) is 4.91. The van der Waals surface area contributed by atoms with E-state index in [0.29, 0.717) is 11.0 Å². The minimum atomic E-state index is -0.199. The van der Waals surface area contributed by atoms with Gasteiger partial charge in [0.05, 0.1) is 5.69 Å². The van der Waals surface area contributed by atoms with E-state index in [4.69, 9.17) is 16.3 Å². The lowest BCUT2D eigenvalue weighted by atomic mass is 10.3. The van der Waals surface area contributed by atoms with Gasteiger partial charge in [-0.3, -0.25) is 4.68 Å². The van der Waals surface area contributed by atoms with E-state index in [1.807, 2.05) is 23.9 Å². The zero-order chi connectivity index (χ0) is 14.5. The van der Waals surface area contributed by atoms with Crippen molar-refractivity contribution < 1.29 is 4.74 Å². The fourth-order valence-corrected chi connectivity index (χ4v) is 1.99. The van der Waals surface area contributed by atoms with E-state index >= 15 is 0 Å². The summed E-state index contributed by atoms with van der Waals surface area (Å²) in [6, 6.07) is 3.66. The van der Waals surface area contributed by atoms with Crippen LogP contribution in [0.25, 0.3) is 11.4 Å². The molecule has 0 unspecified atom stereocenters. The number of hydrogen-bond donors (Lipinski definition) is 0. The predicted octanol–water partition coefficient (Wildman–Crippen LogP) is 3.50. The fraction of sp³-hybridized carbons (Fsp3) is 0.500. The van der Waals surface area contributed by atoms with Gasteiger partial charge in [0.15, 0.2) is 5.82 Å². The summed E-state index contributed by atoms with van der Waals surface area (Å²) in [7, 11) is 1.62. The van der Waals surface area contributed by atoms with E-state index in [1.165, 1.54) is 0 Å². The molecule has 6 heteroatoms. The molecule has 0 aliphatic heterocycles. The summed E-state index contributed by atoms with van der Waals surface area (Å²) >= 11 is 6.05. The molecule has 0 spiro atoms. The normalized spacial score (nSPS) is 12.6. The van der Waals surface area contributed by atoms with Gasteiger partial charge in [0.1, 0.15) is 17.0 Å². The molecule has 0 aliphatic carbocycles. The first-order valence-electron chi connectivity index (χ1n) is 6.75. The average molecular weight is 295 g/mol. The summed E-state index contributed by atoms with van der Waals surface area (Å²) in [4.78, 5) is 8.65. The molecule has 0 radical (unpaired) electrons. The molecule has 20 heavy (non-hydrogen) atoms. The summed E-state index contributed by atoms with van der Waals surface area (Å²) in [6.45, 7) is 4.96. The zero-order valence-corrected chi connectivity index (χ0v) is 12.8. The highest BCUT2D eigenvalue weighted by molar-refractivity contribution is 6.29. The zero-order valence-electron chi connectivity index (χ0n) is 12.0. The van der Waals surface area contributed by atoms with Crippen molar-refractivity contribution >= 4 is 11.6 Å². The Bertz CT molecular complexity index is 570. The SMILES string of the molecule is CCCCn1ccc(-c2cc(Cl)nc([C@@H](C)OC)n2)n1. The van der Waals surface area contributed by atoms with Crippen LogP contribution < -0.4 is 0 Å². The first kappa shape index (κ1) is 14.9. The Labute approximate surface area is 124 Å². The van der Waals surface area contributed by atoms with Crippen LogP contribution in [0, 0.1) is 0 Å². The Hall–Kier alpha value is -1.46. The number of aromatic nitrogens is 4. The maximum Gasteiger partial charge on any atom is 0.159 e. The molecule has 2 heterocycles. The highest BCUT2D eigenvalue weighted by Crippen LogP contribution is 2.21. The number of rotatable bonds is 6. The second-order valence-electron chi connectivity index (χ2n) is 4.63. The number of unbranched alkanes of at least 4 members (excludes halogenated alkanes) is 1. The van der Waals surface area contributed by atoms with E-state index < -0.39 is 0 Å². The van der Waals surface area contributed by atoms with Crippen LogP contribution in [0.3, 0.4) is 0 Å². The standard InChI is InChI=1S/C14H19ClN4O/c1-4-5-7-19-8-6-11(18-19)12-9-13(15)17-14(16-12)10(2)20-3/h6,8-10H,4-5,7H2,1-3H3/t10-/m1/s1. The minimum Gasteiger partial charge on any atom is -0.374 e. The van der Waals surface area contributed by atoms with E-state index in [2.05, 4.69) is 22.0 Å². The molecule has 0 bridgehead atoms. The Morgan fingerprint density at radius 1 is 1.35 bits per heavy atom. The molecule has 0 saturated heterocycles. The van der Waals surface area contributed by atoms with Crippen LogP contribution in [-0.2, 0) is 11.3 Å². The molecule has 0 saturated carbocycles. The van der Waals surface area contributed by atoms with Crippen molar-refractivity contribution in [2.45, 2.75) is 39.3 Å². The summed E-state index contributed by atoms with van der Waals surface area (Å²) in [6.07, 6.45) is 4.01. The van der Waals surface area contributed by atoms with Crippen molar-refractivity contribution in [3.05, 3.63) is 29.3 Å². The molecule has 2 aromatic heterocycles. The highest BCUT2D eigenvalue weighted by atomic mass is 35.5. The number of halogens is 1. The molecule has 0 aliphatic rings. The van der Waals surface area contributed by atoms with Gasteiger partial charge in [-0.25, -0.2) is 9.97 Å². The Kier molecular flexibility index (Phi) is 5.09. The molecule has 0 fully saturated rings.